The van der Waals surface area contributed by atoms with Crippen LogP contribution in [0.4, 0.5) is 11.4 Å². The van der Waals surface area contributed by atoms with Gasteiger partial charge < -0.3 is 14.5 Å². The standard InChI is InChI=1S/C20H22N2O2/c1-24-18-10-3-2-6-16(18)14-19(23)22-13-12-21-11-5-8-15-7-4-9-17(22)20(15)21/h2-4,6-7,9-10H,5,8,11-14H2,1H3. The van der Waals surface area contributed by atoms with Gasteiger partial charge in [0.2, 0.25) is 5.91 Å². The van der Waals surface area contributed by atoms with Gasteiger partial charge in [-0.1, -0.05) is 30.3 Å². The molecular weight excluding hydrogens is 300 g/mol. The Bertz CT molecular complexity index is 772. The normalized spacial score (nSPS) is 15.9. The molecule has 0 saturated carbocycles. The minimum atomic E-state index is 0.137. The van der Waals surface area contributed by atoms with Crippen molar-refractivity contribution in [2.75, 3.05) is 36.5 Å². The summed E-state index contributed by atoms with van der Waals surface area (Å²) in [7, 11) is 1.65. The van der Waals surface area contributed by atoms with Crippen molar-refractivity contribution in [2.45, 2.75) is 19.3 Å². The average Bonchev–Trinajstić information content (AvgIpc) is 2.63. The summed E-state index contributed by atoms with van der Waals surface area (Å²) in [5, 5.41) is 0. The number of carbonyl (C=O) groups is 1. The van der Waals surface area contributed by atoms with Gasteiger partial charge in [0.15, 0.2) is 0 Å². The summed E-state index contributed by atoms with van der Waals surface area (Å²) in [5.74, 6) is 0.915. The molecule has 0 aliphatic carbocycles. The maximum atomic E-state index is 13.0. The smallest absolute Gasteiger partial charge is 0.231 e. The molecular formula is C20H22N2O2. The Morgan fingerprint density at radius 2 is 1.96 bits per heavy atom. The zero-order chi connectivity index (χ0) is 16.5. The predicted molar refractivity (Wildman–Crippen MR) is 96.0 cm³/mol. The van der Waals surface area contributed by atoms with Gasteiger partial charge in [0, 0.05) is 25.2 Å². The Balaban J connectivity index is 1.64. The number of methoxy groups -OCH3 is 1. The lowest BCUT2D eigenvalue weighted by molar-refractivity contribution is -0.118. The second-order valence-electron chi connectivity index (χ2n) is 6.41. The topological polar surface area (TPSA) is 32.8 Å². The van der Waals surface area contributed by atoms with Gasteiger partial charge in [-0.05, 0) is 30.5 Å². The van der Waals surface area contributed by atoms with E-state index in [9.17, 15) is 4.79 Å². The zero-order valence-corrected chi connectivity index (χ0v) is 14.0. The van der Waals surface area contributed by atoms with E-state index in [0.29, 0.717) is 6.42 Å². The van der Waals surface area contributed by atoms with Crippen molar-refractivity contribution in [1.82, 2.24) is 0 Å². The van der Waals surface area contributed by atoms with Crippen molar-refractivity contribution in [2.24, 2.45) is 0 Å². The minimum absolute atomic E-state index is 0.137. The summed E-state index contributed by atoms with van der Waals surface area (Å²) in [6, 6.07) is 14.1. The molecule has 24 heavy (non-hydrogen) atoms. The zero-order valence-electron chi connectivity index (χ0n) is 14.0. The SMILES string of the molecule is COc1ccccc1CC(=O)N1CCN2CCCc3cccc1c32. The lowest BCUT2D eigenvalue weighted by Gasteiger charge is -2.41. The van der Waals surface area contributed by atoms with Gasteiger partial charge >= 0.3 is 0 Å². The first kappa shape index (κ1) is 15.1. The van der Waals surface area contributed by atoms with Gasteiger partial charge in [-0.25, -0.2) is 0 Å². The maximum absolute atomic E-state index is 13.0. The fraction of sp³-hybridized carbons (Fsp3) is 0.350. The van der Waals surface area contributed by atoms with Crippen LogP contribution in [0.25, 0.3) is 0 Å². The van der Waals surface area contributed by atoms with Crippen molar-refractivity contribution in [3.05, 3.63) is 53.6 Å². The quantitative estimate of drug-likeness (QED) is 0.871. The van der Waals surface area contributed by atoms with Crippen molar-refractivity contribution < 1.29 is 9.53 Å². The number of amides is 1. The highest BCUT2D eigenvalue weighted by molar-refractivity contribution is 5.99. The molecule has 4 nitrogen and oxygen atoms in total. The summed E-state index contributed by atoms with van der Waals surface area (Å²) >= 11 is 0. The largest absolute Gasteiger partial charge is 0.496 e. The summed E-state index contributed by atoms with van der Waals surface area (Å²) in [6.07, 6.45) is 2.67. The summed E-state index contributed by atoms with van der Waals surface area (Å²) in [6.45, 7) is 2.77. The Morgan fingerprint density at radius 1 is 1.08 bits per heavy atom. The molecule has 2 aromatic rings. The van der Waals surface area contributed by atoms with Gasteiger partial charge in [-0.15, -0.1) is 0 Å². The molecule has 1 amide bonds. The van der Waals surface area contributed by atoms with Crippen molar-refractivity contribution in [1.29, 1.82) is 0 Å². The fourth-order valence-electron chi connectivity index (χ4n) is 3.87. The van der Waals surface area contributed by atoms with Gasteiger partial charge in [0.25, 0.3) is 0 Å². The van der Waals surface area contributed by atoms with Gasteiger partial charge in [0.1, 0.15) is 5.75 Å². The molecule has 0 unspecified atom stereocenters. The van der Waals surface area contributed by atoms with E-state index in [1.165, 1.54) is 17.7 Å². The molecule has 4 rings (SSSR count). The van der Waals surface area contributed by atoms with E-state index in [1.807, 2.05) is 29.2 Å². The van der Waals surface area contributed by atoms with Crippen LogP contribution in [0, 0.1) is 0 Å². The van der Waals surface area contributed by atoms with Crippen LogP contribution < -0.4 is 14.5 Å². The number of ether oxygens (including phenoxy) is 1. The number of anilines is 2. The molecule has 0 bridgehead atoms. The van der Waals surface area contributed by atoms with Crippen molar-refractivity contribution >= 4 is 17.3 Å². The summed E-state index contributed by atoms with van der Waals surface area (Å²) in [4.78, 5) is 17.4. The number of nitrogens with zero attached hydrogens (tertiary/aromatic N) is 2. The van der Waals surface area contributed by atoms with Gasteiger partial charge in [-0.2, -0.15) is 0 Å². The first-order valence-corrected chi connectivity index (χ1v) is 8.57. The van der Waals surface area contributed by atoms with Crippen LogP contribution in [0.15, 0.2) is 42.5 Å². The Kier molecular flexibility index (Phi) is 3.89. The van der Waals surface area contributed by atoms with Crippen LogP contribution in [-0.2, 0) is 17.6 Å². The number of hydrogen-bond donors (Lipinski definition) is 0. The molecule has 124 valence electrons. The monoisotopic (exact) mass is 322 g/mol. The van der Waals surface area contributed by atoms with Crippen molar-refractivity contribution in [3.63, 3.8) is 0 Å². The molecule has 0 saturated heterocycles. The van der Waals surface area contributed by atoms with Crippen LogP contribution in [0.3, 0.4) is 0 Å². The first-order valence-electron chi connectivity index (χ1n) is 8.57. The lowest BCUT2D eigenvalue weighted by atomic mass is 9.97. The third-order valence-corrected chi connectivity index (χ3v) is 5.01. The van der Waals surface area contributed by atoms with E-state index in [1.54, 1.807) is 7.11 Å². The second-order valence-corrected chi connectivity index (χ2v) is 6.41. The molecule has 2 aliphatic rings. The number of carbonyl (C=O) groups excluding carboxylic acids is 1. The van der Waals surface area contributed by atoms with E-state index in [2.05, 4.69) is 23.1 Å². The highest BCUT2D eigenvalue weighted by atomic mass is 16.5. The van der Waals surface area contributed by atoms with E-state index >= 15 is 0 Å². The molecule has 0 atom stereocenters. The second kappa shape index (κ2) is 6.19. The van der Waals surface area contributed by atoms with Crippen LogP contribution >= 0.6 is 0 Å². The molecule has 0 radical (unpaired) electrons. The molecule has 2 aliphatic heterocycles. The van der Waals surface area contributed by atoms with Gasteiger partial charge in [0.05, 0.1) is 24.9 Å². The Labute approximate surface area is 142 Å². The Morgan fingerprint density at radius 3 is 2.83 bits per heavy atom. The van der Waals surface area contributed by atoms with Gasteiger partial charge in [-0.3, -0.25) is 4.79 Å². The Hall–Kier alpha value is -2.49. The fourth-order valence-corrected chi connectivity index (χ4v) is 3.87. The molecule has 0 spiro atoms. The van der Waals surface area contributed by atoms with Crippen LogP contribution in [0.2, 0.25) is 0 Å². The minimum Gasteiger partial charge on any atom is -0.496 e. The van der Waals surface area contributed by atoms with Crippen LogP contribution in [-0.4, -0.2) is 32.7 Å². The van der Waals surface area contributed by atoms with E-state index in [0.717, 1.165) is 43.1 Å². The number of benzene rings is 2. The maximum Gasteiger partial charge on any atom is 0.231 e. The van der Waals surface area contributed by atoms with Crippen molar-refractivity contribution in [3.8, 4) is 5.75 Å². The number of rotatable bonds is 3. The molecule has 2 aromatic carbocycles. The van der Waals surface area contributed by atoms with E-state index in [4.69, 9.17) is 4.74 Å². The highest BCUT2D eigenvalue weighted by Crippen LogP contribution is 2.39. The molecule has 4 heteroatoms. The number of para-hydroxylation sites is 2. The molecule has 0 fully saturated rings. The third-order valence-electron chi connectivity index (χ3n) is 5.01. The molecule has 0 N–H and O–H groups in total. The first-order chi connectivity index (χ1) is 11.8. The van der Waals surface area contributed by atoms with Crippen LogP contribution in [0.5, 0.6) is 5.75 Å². The lowest BCUT2D eigenvalue weighted by Crippen LogP contribution is -2.46. The van der Waals surface area contributed by atoms with Crippen LogP contribution in [0.1, 0.15) is 17.5 Å². The number of aryl methyl sites for hydroxylation is 1. The van der Waals surface area contributed by atoms with E-state index < -0.39 is 0 Å². The molecule has 2 heterocycles. The molecule has 0 aromatic heterocycles. The third kappa shape index (κ3) is 2.52. The number of hydrogen-bond acceptors (Lipinski definition) is 3. The highest BCUT2D eigenvalue weighted by Gasteiger charge is 2.30. The average molecular weight is 322 g/mol. The predicted octanol–water partition coefficient (Wildman–Crippen LogP) is 3.04. The van der Waals surface area contributed by atoms with E-state index in [-0.39, 0.29) is 5.91 Å². The summed E-state index contributed by atoms with van der Waals surface area (Å²) in [5.41, 5.74) is 4.65. The summed E-state index contributed by atoms with van der Waals surface area (Å²) < 4.78 is 5.39.